The molecule has 0 N–H and O–H groups in total. The molecular weight excluding hydrogens is 247 g/mol. The molecule has 1 aromatic carbocycles. The fourth-order valence-corrected chi connectivity index (χ4v) is 1.13. The van der Waals surface area contributed by atoms with Crippen molar-refractivity contribution in [3.05, 3.63) is 34.9 Å². The monoisotopic (exact) mass is 254 g/mol. The second kappa shape index (κ2) is 4.68. The van der Waals surface area contributed by atoms with E-state index in [2.05, 4.69) is 4.74 Å². The van der Waals surface area contributed by atoms with E-state index in [0.29, 0.717) is 0 Å². The number of halogens is 5. The maximum atomic E-state index is 13.2. The van der Waals surface area contributed by atoms with Crippen molar-refractivity contribution in [2.45, 2.75) is 13.1 Å². The Bertz CT molecular complexity index is 439. The fraction of sp³-hybridized carbons (Fsp3) is 0.300. The van der Waals surface area contributed by atoms with Gasteiger partial charge in [-0.2, -0.15) is 13.2 Å². The number of alkyl halides is 3. The topological polar surface area (TPSA) is 26.3 Å². The van der Waals surface area contributed by atoms with Gasteiger partial charge < -0.3 is 4.74 Å². The predicted molar refractivity (Wildman–Crippen MR) is 47.3 cm³/mol. The van der Waals surface area contributed by atoms with Crippen molar-refractivity contribution in [3.8, 4) is 0 Å². The number of hydrogen-bond donors (Lipinski definition) is 0. The van der Waals surface area contributed by atoms with Gasteiger partial charge in [0.1, 0.15) is 11.6 Å². The van der Waals surface area contributed by atoms with Crippen molar-refractivity contribution in [1.82, 2.24) is 0 Å². The van der Waals surface area contributed by atoms with E-state index in [1.165, 1.54) is 6.92 Å². The minimum atomic E-state index is -5.02. The Morgan fingerprint density at radius 1 is 1.24 bits per heavy atom. The summed E-state index contributed by atoms with van der Waals surface area (Å²) in [6, 6.07) is 0.109. The first-order chi connectivity index (χ1) is 7.77. The van der Waals surface area contributed by atoms with Gasteiger partial charge in [-0.15, -0.1) is 0 Å². The lowest BCUT2D eigenvalue weighted by Gasteiger charge is -2.10. The van der Waals surface area contributed by atoms with Gasteiger partial charge in [0.25, 0.3) is 0 Å². The van der Waals surface area contributed by atoms with E-state index >= 15 is 0 Å². The van der Waals surface area contributed by atoms with Crippen LogP contribution in [0.25, 0.3) is 0 Å². The van der Waals surface area contributed by atoms with Gasteiger partial charge in [0.2, 0.25) is 0 Å². The number of rotatable bonds is 2. The molecule has 1 aromatic rings. The SMILES string of the molecule is CCOC(=O)c1cc(F)c(C(F)(F)F)cc1F. The molecule has 0 unspecified atom stereocenters. The van der Waals surface area contributed by atoms with E-state index in [1.807, 2.05) is 0 Å². The third kappa shape index (κ3) is 2.92. The molecule has 2 nitrogen and oxygen atoms in total. The van der Waals surface area contributed by atoms with Crippen LogP contribution in [-0.4, -0.2) is 12.6 Å². The third-order valence-electron chi connectivity index (χ3n) is 1.86. The Labute approximate surface area is 93.0 Å². The maximum absolute atomic E-state index is 13.2. The second-order valence-corrected chi connectivity index (χ2v) is 3.03. The smallest absolute Gasteiger partial charge is 0.419 e. The average molecular weight is 254 g/mol. The molecule has 0 aliphatic heterocycles. The highest BCUT2D eigenvalue weighted by molar-refractivity contribution is 5.89. The molecule has 0 fully saturated rings. The number of esters is 1. The number of benzene rings is 1. The first-order valence-electron chi connectivity index (χ1n) is 4.50. The highest BCUT2D eigenvalue weighted by atomic mass is 19.4. The molecule has 1 rings (SSSR count). The molecule has 0 spiro atoms. The van der Waals surface area contributed by atoms with Crippen LogP contribution in [0, 0.1) is 11.6 Å². The van der Waals surface area contributed by atoms with Gasteiger partial charge in [0.05, 0.1) is 17.7 Å². The Kier molecular flexibility index (Phi) is 3.69. The van der Waals surface area contributed by atoms with E-state index in [4.69, 9.17) is 0 Å². The molecule has 0 bridgehead atoms. The van der Waals surface area contributed by atoms with Crippen molar-refractivity contribution >= 4 is 5.97 Å². The van der Waals surface area contributed by atoms with Gasteiger partial charge in [0, 0.05) is 0 Å². The predicted octanol–water partition coefficient (Wildman–Crippen LogP) is 3.16. The van der Waals surface area contributed by atoms with Crippen LogP contribution in [0.5, 0.6) is 0 Å². The number of ether oxygens (including phenoxy) is 1. The molecule has 0 aromatic heterocycles. The summed E-state index contributed by atoms with van der Waals surface area (Å²) in [5.41, 5.74) is -2.62. The van der Waals surface area contributed by atoms with E-state index < -0.39 is 34.9 Å². The summed E-state index contributed by atoms with van der Waals surface area (Å²) in [7, 11) is 0. The summed E-state index contributed by atoms with van der Waals surface area (Å²) < 4.78 is 67.1. The van der Waals surface area contributed by atoms with Gasteiger partial charge in [-0.3, -0.25) is 0 Å². The summed E-state index contributed by atoms with van der Waals surface area (Å²) in [4.78, 5) is 11.1. The van der Waals surface area contributed by atoms with Crippen LogP contribution in [-0.2, 0) is 10.9 Å². The molecule has 0 amide bonds. The molecule has 17 heavy (non-hydrogen) atoms. The molecule has 0 atom stereocenters. The minimum Gasteiger partial charge on any atom is -0.462 e. The van der Waals surface area contributed by atoms with Crippen molar-refractivity contribution in [1.29, 1.82) is 0 Å². The Balaban J connectivity index is 3.23. The van der Waals surface area contributed by atoms with Crippen molar-refractivity contribution < 1.29 is 31.5 Å². The van der Waals surface area contributed by atoms with Crippen molar-refractivity contribution in [2.24, 2.45) is 0 Å². The van der Waals surface area contributed by atoms with E-state index in [0.717, 1.165) is 0 Å². The minimum absolute atomic E-state index is 0.0679. The molecule has 0 aliphatic rings. The molecular formula is C10H7F5O2. The molecule has 94 valence electrons. The summed E-state index contributed by atoms with van der Waals surface area (Å²) in [6.45, 7) is 1.33. The van der Waals surface area contributed by atoms with Gasteiger partial charge in [-0.1, -0.05) is 0 Å². The summed E-state index contributed by atoms with van der Waals surface area (Å²) in [5.74, 6) is -4.41. The maximum Gasteiger partial charge on any atom is 0.419 e. The largest absolute Gasteiger partial charge is 0.462 e. The van der Waals surface area contributed by atoms with Crippen LogP contribution < -0.4 is 0 Å². The van der Waals surface area contributed by atoms with Crippen LogP contribution in [0.1, 0.15) is 22.8 Å². The summed E-state index contributed by atoms with van der Waals surface area (Å²) >= 11 is 0. The molecule has 0 saturated carbocycles. The Morgan fingerprint density at radius 2 is 1.82 bits per heavy atom. The summed E-state index contributed by atoms with van der Waals surface area (Å²) in [5, 5.41) is 0. The summed E-state index contributed by atoms with van der Waals surface area (Å²) in [6.07, 6.45) is -5.02. The van der Waals surface area contributed by atoms with Gasteiger partial charge in [-0.05, 0) is 19.1 Å². The standard InChI is InChI=1S/C10H7F5O2/c1-2-17-9(16)5-3-8(12)6(4-7(5)11)10(13,14)15/h3-4H,2H2,1H3. The first-order valence-corrected chi connectivity index (χ1v) is 4.50. The van der Waals surface area contributed by atoms with Gasteiger partial charge in [-0.25, -0.2) is 13.6 Å². The molecule has 0 radical (unpaired) electrons. The lowest BCUT2D eigenvalue weighted by atomic mass is 10.1. The van der Waals surface area contributed by atoms with E-state index in [1.54, 1.807) is 0 Å². The van der Waals surface area contributed by atoms with Crippen LogP contribution in [0.15, 0.2) is 12.1 Å². The first kappa shape index (κ1) is 13.4. The molecule has 0 heterocycles. The zero-order valence-corrected chi connectivity index (χ0v) is 8.57. The lowest BCUT2D eigenvalue weighted by molar-refractivity contribution is -0.140. The number of carbonyl (C=O) groups excluding carboxylic acids is 1. The molecule has 0 aliphatic carbocycles. The van der Waals surface area contributed by atoms with Crippen molar-refractivity contribution in [3.63, 3.8) is 0 Å². The van der Waals surface area contributed by atoms with E-state index in [-0.39, 0.29) is 18.7 Å². The quantitative estimate of drug-likeness (QED) is 0.598. The van der Waals surface area contributed by atoms with Crippen LogP contribution >= 0.6 is 0 Å². The highest BCUT2D eigenvalue weighted by Crippen LogP contribution is 2.32. The Hall–Kier alpha value is -1.66. The van der Waals surface area contributed by atoms with Gasteiger partial charge in [0.15, 0.2) is 0 Å². The normalized spacial score (nSPS) is 11.4. The average Bonchev–Trinajstić information content (AvgIpc) is 2.19. The van der Waals surface area contributed by atoms with Crippen LogP contribution in [0.4, 0.5) is 22.0 Å². The van der Waals surface area contributed by atoms with Crippen LogP contribution in [0.2, 0.25) is 0 Å². The van der Waals surface area contributed by atoms with Gasteiger partial charge >= 0.3 is 12.1 Å². The second-order valence-electron chi connectivity index (χ2n) is 3.03. The Morgan fingerprint density at radius 3 is 2.29 bits per heavy atom. The zero-order valence-electron chi connectivity index (χ0n) is 8.57. The molecule has 0 saturated heterocycles. The van der Waals surface area contributed by atoms with E-state index in [9.17, 15) is 26.7 Å². The number of carbonyl (C=O) groups is 1. The zero-order chi connectivity index (χ0) is 13.2. The van der Waals surface area contributed by atoms with Crippen LogP contribution in [0.3, 0.4) is 0 Å². The third-order valence-corrected chi connectivity index (χ3v) is 1.86. The lowest BCUT2D eigenvalue weighted by Crippen LogP contribution is -2.13. The van der Waals surface area contributed by atoms with Crippen molar-refractivity contribution in [2.75, 3.05) is 6.61 Å². The molecule has 7 heteroatoms. The highest BCUT2D eigenvalue weighted by Gasteiger charge is 2.35. The fourth-order valence-electron chi connectivity index (χ4n) is 1.13. The number of hydrogen-bond acceptors (Lipinski definition) is 2.